The molecule has 7 heteroatoms. The Kier molecular flexibility index (Phi) is 6.94. The second-order valence-corrected chi connectivity index (χ2v) is 6.42. The molecule has 6 nitrogen and oxygen atoms in total. The minimum Gasteiger partial charge on any atom is -0.495 e. The first-order chi connectivity index (χ1) is 12.0. The average molecular weight is 361 g/mol. The second kappa shape index (κ2) is 9.17. The van der Waals surface area contributed by atoms with E-state index in [2.05, 4.69) is 15.6 Å². The predicted octanol–water partition coefficient (Wildman–Crippen LogP) is 2.65. The number of carbonyl (C=O) groups excluding carboxylic acids is 2. The maximum absolute atomic E-state index is 12.1. The van der Waals surface area contributed by atoms with E-state index in [1.807, 2.05) is 19.9 Å². The summed E-state index contributed by atoms with van der Waals surface area (Å²) in [6, 6.07) is 3.55. The summed E-state index contributed by atoms with van der Waals surface area (Å²) in [6.07, 6.45) is 3.23. The van der Waals surface area contributed by atoms with E-state index in [4.69, 9.17) is 4.74 Å². The number of nitrogens with one attached hydrogen (secondary N) is 2. The largest absolute Gasteiger partial charge is 0.495 e. The first-order valence-electron chi connectivity index (χ1n) is 8.19. The van der Waals surface area contributed by atoms with Gasteiger partial charge in [-0.2, -0.15) is 0 Å². The summed E-state index contributed by atoms with van der Waals surface area (Å²) >= 11 is 1.42. The predicted molar refractivity (Wildman–Crippen MR) is 98.4 cm³/mol. The van der Waals surface area contributed by atoms with E-state index >= 15 is 0 Å². The molecule has 0 aliphatic carbocycles. The zero-order valence-corrected chi connectivity index (χ0v) is 15.5. The summed E-state index contributed by atoms with van der Waals surface area (Å²) in [5.41, 5.74) is 2.02. The van der Waals surface area contributed by atoms with Crippen molar-refractivity contribution in [2.75, 3.05) is 13.7 Å². The highest BCUT2D eigenvalue weighted by atomic mass is 32.1. The van der Waals surface area contributed by atoms with Crippen molar-refractivity contribution in [2.24, 2.45) is 0 Å². The van der Waals surface area contributed by atoms with E-state index in [9.17, 15) is 9.59 Å². The summed E-state index contributed by atoms with van der Waals surface area (Å²) in [7, 11) is 1.54. The molecule has 0 bridgehead atoms. The number of hydrogen-bond donors (Lipinski definition) is 2. The van der Waals surface area contributed by atoms with Crippen LogP contribution in [0.25, 0.3) is 0 Å². The zero-order valence-electron chi connectivity index (χ0n) is 14.7. The number of rotatable bonds is 8. The van der Waals surface area contributed by atoms with Crippen molar-refractivity contribution in [3.8, 4) is 5.75 Å². The third-order valence-electron chi connectivity index (χ3n) is 3.80. The van der Waals surface area contributed by atoms with Gasteiger partial charge >= 0.3 is 0 Å². The average Bonchev–Trinajstić information content (AvgIpc) is 3.10. The molecule has 134 valence electrons. The third kappa shape index (κ3) is 5.29. The zero-order chi connectivity index (χ0) is 18.2. The lowest BCUT2D eigenvalue weighted by atomic mass is 10.2. The Hall–Kier alpha value is -2.41. The Bertz CT molecular complexity index is 713. The van der Waals surface area contributed by atoms with Gasteiger partial charge in [0.05, 0.1) is 12.7 Å². The molecule has 2 N–H and O–H groups in total. The van der Waals surface area contributed by atoms with E-state index in [-0.39, 0.29) is 17.9 Å². The van der Waals surface area contributed by atoms with E-state index in [0.717, 1.165) is 12.0 Å². The van der Waals surface area contributed by atoms with Gasteiger partial charge in [-0.05, 0) is 31.4 Å². The SMILES string of the molecule is CCc1ccc(C(=O)N[C@@H](C)CCNC(=O)c2cscc2OC)nc1. The number of carbonyl (C=O) groups is 2. The van der Waals surface area contributed by atoms with E-state index in [0.29, 0.717) is 30.0 Å². The molecule has 0 saturated carbocycles. The monoisotopic (exact) mass is 361 g/mol. The van der Waals surface area contributed by atoms with Crippen LogP contribution in [-0.2, 0) is 6.42 Å². The molecule has 2 amide bonds. The van der Waals surface area contributed by atoms with Gasteiger partial charge in [0.1, 0.15) is 11.4 Å². The van der Waals surface area contributed by atoms with Gasteiger partial charge in [-0.25, -0.2) is 0 Å². The number of methoxy groups -OCH3 is 1. The van der Waals surface area contributed by atoms with Gasteiger partial charge in [-0.1, -0.05) is 13.0 Å². The minimum atomic E-state index is -0.207. The highest BCUT2D eigenvalue weighted by Crippen LogP contribution is 2.22. The number of thiophene rings is 1. The molecular formula is C18H23N3O3S. The molecule has 0 aliphatic heterocycles. The Labute approximate surface area is 151 Å². The van der Waals surface area contributed by atoms with Crippen LogP contribution in [0.5, 0.6) is 5.75 Å². The van der Waals surface area contributed by atoms with Gasteiger partial charge in [0, 0.05) is 29.5 Å². The van der Waals surface area contributed by atoms with E-state index in [1.165, 1.54) is 18.4 Å². The van der Waals surface area contributed by atoms with Crippen LogP contribution < -0.4 is 15.4 Å². The fraction of sp³-hybridized carbons (Fsp3) is 0.389. The van der Waals surface area contributed by atoms with Crippen molar-refractivity contribution >= 4 is 23.2 Å². The van der Waals surface area contributed by atoms with Crippen LogP contribution in [0.4, 0.5) is 0 Å². The van der Waals surface area contributed by atoms with Crippen LogP contribution in [0.15, 0.2) is 29.1 Å². The molecule has 0 spiro atoms. The Morgan fingerprint density at radius 3 is 2.72 bits per heavy atom. The molecule has 0 aliphatic rings. The quantitative estimate of drug-likeness (QED) is 0.757. The third-order valence-corrected chi connectivity index (χ3v) is 4.52. The Morgan fingerprint density at radius 1 is 1.28 bits per heavy atom. The second-order valence-electron chi connectivity index (χ2n) is 5.68. The summed E-state index contributed by atoms with van der Waals surface area (Å²) in [4.78, 5) is 28.4. The topological polar surface area (TPSA) is 80.3 Å². The van der Waals surface area contributed by atoms with Crippen LogP contribution in [0, 0.1) is 0 Å². The first kappa shape index (κ1) is 18.9. The van der Waals surface area contributed by atoms with E-state index in [1.54, 1.807) is 23.0 Å². The van der Waals surface area contributed by atoms with Gasteiger partial charge < -0.3 is 15.4 Å². The van der Waals surface area contributed by atoms with Crippen LogP contribution in [0.3, 0.4) is 0 Å². The number of aryl methyl sites for hydroxylation is 1. The van der Waals surface area contributed by atoms with Gasteiger partial charge in [0.25, 0.3) is 11.8 Å². The lowest BCUT2D eigenvalue weighted by Crippen LogP contribution is -2.36. The number of nitrogens with zero attached hydrogens (tertiary/aromatic N) is 1. The van der Waals surface area contributed by atoms with Crippen molar-refractivity contribution < 1.29 is 14.3 Å². The molecular weight excluding hydrogens is 338 g/mol. The molecule has 2 aromatic heterocycles. The number of aromatic nitrogens is 1. The van der Waals surface area contributed by atoms with E-state index < -0.39 is 0 Å². The lowest BCUT2D eigenvalue weighted by Gasteiger charge is -2.14. The summed E-state index contributed by atoms with van der Waals surface area (Å²) < 4.78 is 5.14. The lowest BCUT2D eigenvalue weighted by molar-refractivity contribution is 0.0932. The van der Waals surface area contributed by atoms with Crippen LogP contribution in [0.2, 0.25) is 0 Å². The smallest absolute Gasteiger partial charge is 0.270 e. The number of hydrogen-bond acceptors (Lipinski definition) is 5. The highest BCUT2D eigenvalue weighted by molar-refractivity contribution is 7.08. The summed E-state index contributed by atoms with van der Waals surface area (Å²) in [5.74, 6) is 0.194. The minimum absolute atomic E-state index is 0.0789. The Balaban J connectivity index is 1.77. The number of ether oxygens (including phenoxy) is 1. The first-order valence-corrected chi connectivity index (χ1v) is 9.13. The van der Waals surface area contributed by atoms with Crippen molar-refractivity contribution in [1.82, 2.24) is 15.6 Å². The summed E-state index contributed by atoms with van der Waals surface area (Å²) in [6.45, 7) is 4.40. The molecule has 0 fully saturated rings. The normalized spacial score (nSPS) is 11.6. The highest BCUT2D eigenvalue weighted by Gasteiger charge is 2.14. The standard InChI is InChI=1S/C18H23N3O3S/c1-4-13-5-6-15(20-9-13)18(23)21-12(2)7-8-19-17(22)14-10-25-11-16(14)24-3/h5-6,9-12H,4,7-8H2,1-3H3,(H,19,22)(H,21,23)/t12-/m0/s1. The van der Waals surface area contributed by atoms with Crippen molar-refractivity contribution in [3.05, 3.63) is 45.9 Å². The molecule has 0 radical (unpaired) electrons. The molecule has 1 atom stereocenters. The fourth-order valence-corrected chi connectivity index (χ4v) is 3.02. The Morgan fingerprint density at radius 2 is 2.08 bits per heavy atom. The van der Waals surface area contributed by atoms with Gasteiger partial charge in [0.15, 0.2) is 0 Å². The number of amides is 2. The molecule has 2 rings (SSSR count). The van der Waals surface area contributed by atoms with Gasteiger partial charge in [-0.15, -0.1) is 11.3 Å². The fourth-order valence-electron chi connectivity index (χ4n) is 2.24. The van der Waals surface area contributed by atoms with Crippen molar-refractivity contribution in [1.29, 1.82) is 0 Å². The van der Waals surface area contributed by atoms with Crippen molar-refractivity contribution in [2.45, 2.75) is 32.7 Å². The number of pyridine rings is 1. The van der Waals surface area contributed by atoms with Crippen LogP contribution >= 0.6 is 11.3 Å². The molecule has 0 saturated heterocycles. The summed E-state index contributed by atoms with van der Waals surface area (Å²) in [5, 5.41) is 9.27. The molecule has 0 unspecified atom stereocenters. The molecule has 25 heavy (non-hydrogen) atoms. The molecule has 2 heterocycles. The molecule has 0 aromatic carbocycles. The van der Waals surface area contributed by atoms with Gasteiger partial charge in [-0.3, -0.25) is 14.6 Å². The van der Waals surface area contributed by atoms with Crippen LogP contribution in [-0.4, -0.2) is 36.5 Å². The molecule has 2 aromatic rings. The van der Waals surface area contributed by atoms with Crippen LogP contribution in [0.1, 0.15) is 46.7 Å². The maximum atomic E-state index is 12.1. The van der Waals surface area contributed by atoms with Gasteiger partial charge in [0.2, 0.25) is 0 Å². The van der Waals surface area contributed by atoms with Crippen molar-refractivity contribution in [3.63, 3.8) is 0 Å². The maximum Gasteiger partial charge on any atom is 0.270 e.